The number of halogens is 2. The molecule has 0 saturated carbocycles. The predicted molar refractivity (Wildman–Crippen MR) is 60.1 cm³/mol. The van der Waals surface area contributed by atoms with E-state index in [2.05, 4.69) is 10.6 Å². The van der Waals surface area contributed by atoms with Gasteiger partial charge in [0.2, 0.25) is 5.91 Å². The maximum Gasteiger partial charge on any atom is 0.320 e. The van der Waals surface area contributed by atoms with E-state index < -0.39 is 29.6 Å². The quantitative estimate of drug-likeness (QED) is 0.735. The normalized spacial score (nSPS) is 11.9. The maximum absolute atomic E-state index is 13.2. The third-order valence-electron chi connectivity index (χ3n) is 2.14. The molecule has 5 nitrogen and oxygen atoms in total. The average molecular weight is 258 g/mol. The number of hydrogen-bond donors (Lipinski definition) is 3. The monoisotopic (exact) mass is 258 g/mol. The zero-order valence-corrected chi connectivity index (χ0v) is 9.54. The Kier molecular flexibility index (Phi) is 4.73. The van der Waals surface area contributed by atoms with E-state index in [0.717, 1.165) is 18.2 Å². The number of benzene rings is 1. The summed E-state index contributed by atoms with van der Waals surface area (Å²) < 4.78 is 26.0. The molecule has 1 atom stereocenters. The Hall–Kier alpha value is -2.02. The van der Waals surface area contributed by atoms with Crippen LogP contribution in [0.5, 0.6) is 0 Å². The van der Waals surface area contributed by atoms with Crippen LogP contribution in [-0.2, 0) is 9.59 Å². The number of rotatable bonds is 5. The number of anilines is 1. The number of carboxylic acid groups (broad SMARTS) is 1. The summed E-state index contributed by atoms with van der Waals surface area (Å²) in [6, 6.07) is 1.75. The van der Waals surface area contributed by atoms with Crippen molar-refractivity contribution in [3.8, 4) is 0 Å². The Balaban J connectivity index is 2.54. The molecule has 0 bridgehead atoms. The zero-order valence-electron chi connectivity index (χ0n) is 9.54. The van der Waals surface area contributed by atoms with Gasteiger partial charge in [-0.25, -0.2) is 8.78 Å². The second-order valence-corrected chi connectivity index (χ2v) is 3.61. The summed E-state index contributed by atoms with van der Waals surface area (Å²) in [5, 5.41) is 13.1. The third kappa shape index (κ3) is 4.10. The molecule has 0 fully saturated rings. The first kappa shape index (κ1) is 14.0. The highest BCUT2D eigenvalue weighted by Gasteiger charge is 2.13. The van der Waals surface area contributed by atoms with Crippen LogP contribution in [0.1, 0.15) is 6.92 Å². The Morgan fingerprint density at radius 2 is 2.06 bits per heavy atom. The van der Waals surface area contributed by atoms with E-state index in [1.54, 1.807) is 0 Å². The molecule has 1 aromatic carbocycles. The summed E-state index contributed by atoms with van der Waals surface area (Å²) in [6.45, 7) is 1.04. The Morgan fingerprint density at radius 3 is 2.67 bits per heavy atom. The van der Waals surface area contributed by atoms with Crippen LogP contribution in [0.4, 0.5) is 14.5 Å². The van der Waals surface area contributed by atoms with E-state index in [1.165, 1.54) is 6.92 Å². The Morgan fingerprint density at radius 1 is 1.39 bits per heavy atom. The van der Waals surface area contributed by atoms with Gasteiger partial charge in [-0.05, 0) is 19.1 Å². The van der Waals surface area contributed by atoms with Crippen LogP contribution < -0.4 is 10.6 Å². The van der Waals surface area contributed by atoms with Crippen molar-refractivity contribution in [2.45, 2.75) is 13.0 Å². The molecule has 0 aromatic heterocycles. The number of carboxylic acids is 1. The Bertz CT molecular complexity index is 466. The van der Waals surface area contributed by atoms with Gasteiger partial charge in [0.25, 0.3) is 0 Å². The molecular weight excluding hydrogens is 246 g/mol. The minimum atomic E-state index is -1.11. The standard InChI is InChI=1S/C11H12F2N2O3/c1-6(11(17)18)14-5-10(16)15-9-4-7(12)2-3-8(9)13/h2-4,6,14H,5H2,1H3,(H,15,16)(H,17,18). The van der Waals surface area contributed by atoms with Gasteiger partial charge in [-0.15, -0.1) is 0 Å². The number of aliphatic carboxylic acids is 1. The third-order valence-corrected chi connectivity index (χ3v) is 2.14. The fraction of sp³-hybridized carbons (Fsp3) is 0.273. The van der Waals surface area contributed by atoms with Crippen molar-refractivity contribution < 1.29 is 23.5 Å². The van der Waals surface area contributed by atoms with Gasteiger partial charge in [-0.3, -0.25) is 14.9 Å². The lowest BCUT2D eigenvalue weighted by molar-refractivity contribution is -0.139. The molecule has 0 saturated heterocycles. The van der Waals surface area contributed by atoms with Gasteiger partial charge < -0.3 is 10.4 Å². The van der Waals surface area contributed by atoms with Crippen molar-refractivity contribution in [1.82, 2.24) is 5.32 Å². The fourth-order valence-electron chi connectivity index (χ4n) is 1.12. The second kappa shape index (κ2) is 6.06. The van der Waals surface area contributed by atoms with E-state index in [-0.39, 0.29) is 12.2 Å². The summed E-state index contributed by atoms with van der Waals surface area (Å²) in [5.41, 5.74) is -0.287. The maximum atomic E-state index is 13.2. The first-order valence-corrected chi connectivity index (χ1v) is 5.11. The number of hydrogen-bond acceptors (Lipinski definition) is 3. The van der Waals surface area contributed by atoms with Gasteiger partial charge >= 0.3 is 5.97 Å². The lowest BCUT2D eigenvalue weighted by atomic mass is 10.3. The highest BCUT2D eigenvalue weighted by molar-refractivity contribution is 5.92. The van der Waals surface area contributed by atoms with Crippen molar-refractivity contribution in [2.75, 3.05) is 11.9 Å². The van der Waals surface area contributed by atoms with Crippen molar-refractivity contribution >= 4 is 17.6 Å². The van der Waals surface area contributed by atoms with E-state index in [1.807, 2.05) is 0 Å². The van der Waals surface area contributed by atoms with E-state index in [4.69, 9.17) is 5.11 Å². The average Bonchev–Trinajstić information content (AvgIpc) is 2.30. The molecule has 0 heterocycles. The van der Waals surface area contributed by atoms with E-state index >= 15 is 0 Å². The highest BCUT2D eigenvalue weighted by Crippen LogP contribution is 2.14. The molecule has 1 aromatic rings. The zero-order chi connectivity index (χ0) is 13.7. The van der Waals surface area contributed by atoms with Gasteiger partial charge in [0.05, 0.1) is 12.2 Å². The molecule has 3 N–H and O–H groups in total. The molecule has 1 amide bonds. The first-order valence-electron chi connectivity index (χ1n) is 5.11. The molecule has 0 radical (unpaired) electrons. The van der Waals surface area contributed by atoms with Crippen molar-refractivity contribution in [3.05, 3.63) is 29.8 Å². The van der Waals surface area contributed by atoms with Crippen LogP contribution >= 0.6 is 0 Å². The van der Waals surface area contributed by atoms with Crippen LogP contribution in [-0.4, -0.2) is 29.6 Å². The summed E-state index contributed by atoms with van der Waals surface area (Å²) >= 11 is 0. The minimum absolute atomic E-state index is 0.287. The molecule has 98 valence electrons. The Labute approximate surface area is 102 Å². The molecule has 7 heteroatoms. The molecule has 0 aliphatic carbocycles. The number of amides is 1. The van der Waals surface area contributed by atoms with Gasteiger partial charge in [0, 0.05) is 6.07 Å². The molecule has 0 spiro atoms. The predicted octanol–water partition coefficient (Wildman–Crippen LogP) is 0.966. The van der Waals surface area contributed by atoms with Crippen LogP contribution in [0.2, 0.25) is 0 Å². The minimum Gasteiger partial charge on any atom is -0.480 e. The smallest absolute Gasteiger partial charge is 0.320 e. The van der Waals surface area contributed by atoms with Crippen molar-refractivity contribution in [3.63, 3.8) is 0 Å². The molecule has 0 aliphatic rings. The number of nitrogens with one attached hydrogen (secondary N) is 2. The van der Waals surface area contributed by atoms with Crippen LogP contribution in [0.25, 0.3) is 0 Å². The number of carbonyl (C=O) groups is 2. The topological polar surface area (TPSA) is 78.4 Å². The first-order chi connectivity index (χ1) is 8.40. The summed E-state index contributed by atoms with van der Waals surface area (Å²) in [5.74, 6) is -3.22. The lowest BCUT2D eigenvalue weighted by Crippen LogP contribution is -2.39. The second-order valence-electron chi connectivity index (χ2n) is 3.61. The van der Waals surface area contributed by atoms with E-state index in [0.29, 0.717) is 0 Å². The highest BCUT2D eigenvalue weighted by atomic mass is 19.1. The molecule has 18 heavy (non-hydrogen) atoms. The van der Waals surface area contributed by atoms with Gasteiger partial charge in [0.15, 0.2) is 0 Å². The molecule has 1 unspecified atom stereocenters. The van der Waals surface area contributed by atoms with Gasteiger partial charge in [-0.2, -0.15) is 0 Å². The largest absolute Gasteiger partial charge is 0.480 e. The van der Waals surface area contributed by atoms with Crippen LogP contribution in [0, 0.1) is 11.6 Å². The van der Waals surface area contributed by atoms with Crippen molar-refractivity contribution in [1.29, 1.82) is 0 Å². The summed E-state index contributed by atoms with van der Waals surface area (Å²) in [6.07, 6.45) is 0. The summed E-state index contributed by atoms with van der Waals surface area (Å²) in [4.78, 5) is 21.8. The molecule has 1 rings (SSSR count). The SMILES string of the molecule is CC(NCC(=O)Nc1cc(F)ccc1F)C(=O)O. The molecular formula is C11H12F2N2O3. The lowest BCUT2D eigenvalue weighted by Gasteiger charge is -2.10. The van der Waals surface area contributed by atoms with Crippen LogP contribution in [0.15, 0.2) is 18.2 Å². The van der Waals surface area contributed by atoms with Gasteiger partial charge in [0.1, 0.15) is 17.7 Å². The van der Waals surface area contributed by atoms with Crippen molar-refractivity contribution in [2.24, 2.45) is 0 Å². The van der Waals surface area contributed by atoms with Gasteiger partial charge in [-0.1, -0.05) is 0 Å². The van der Waals surface area contributed by atoms with E-state index in [9.17, 15) is 18.4 Å². The number of carbonyl (C=O) groups excluding carboxylic acids is 1. The van der Waals surface area contributed by atoms with Crippen LogP contribution in [0.3, 0.4) is 0 Å². The fourth-order valence-corrected chi connectivity index (χ4v) is 1.12. The molecule has 0 aliphatic heterocycles. The summed E-state index contributed by atoms with van der Waals surface area (Å²) in [7, 11) is 0.